The van der Waals surface area contributed by atoms with Crippen molar-refractivity contribution in [2.24, 2.45) is 10.5 Å². The van der Waals surface area contributed by atoms with Gasteiger partial charge in [-0.2, -0.15) is 5.10 Å². The molecule has 0 heterocycles. The fourth-order valence-corrected chi connectivity index (χ4v) is 2.99. The van der Waals surface area contributed by atoms with Crippen LogP contribution in [0.3, 0.4) is 0 Å². The molecule has 0 radical (unpaired) electrons. The number of aryl methyl sites for hydroxylation is 1. The fraction of sp³-hybridized carbons (Fsp3) is 0.185. The van der Waals surface area contributed by atoms with Gasteiger partial charge in [0, 0.05) is 28.3 Å². The number of nitro benzene ring substituents is 1. The number of anilines is 1. The van der Waals surface area contributed by atoms with Crippen molar-refractivity contribution in [2.75, 3.05) is 5.32 Å². The lowest BCUT2D eigenvalue weighted by molar-refractivity contribution is -0.385. The van der Waals surface area contributed by atoms with E-state index in [1.807, 2.05) is 6.92 Å². The molecule has 10 nitrogen and oxygen atoms in total. The van der Waals surface area contributed by atoms with Gasteiger partial charge in [-0.1, -0.05) is 44.5 Å². The first kappa shape index (κ1) is 26.7. The number of carbonyl (C=O) groups excluding carboxylic acids is 3. The monoisotopic (exact) mass is 502 g/mol. The maximum Gasteiger partial charge on any atom is 0.343 e. The highest BCUT2D eigenvalue weighted by atomic mass is 16.6. The molecule has 2 N–H and O–H groups in total. The van der Waals surface area contributed by atoms with E-state index in [1.165, 1.54) is 30.3 Å². The van der Waals surface area contributed by atoms with E-state index in [4.69, 9.17) is 4.74 Å². The van der Waals surface area contributed by atoms with Crippen molar-refractivity contribution in [2.45, 2.75) is 27.7 Å². The van der Waals surface area contributed by atoms with Crippen LogP contribution in [0.25, 0.3) is 0 Å². The molecule has 2 amide bonds. The second-order valence-corrected chi connectivity index (χ2v) is 9.19. The van der Waals surface area contributed by atoms with E-state index in [2.05, 4.69) is 15.8 Å². The van der Waals surface area contributed by atoms with Crippen molar-refractivity contribution < 1.29 is 24.0 Å². The predicted octanol–water partition coefficient (Wildman–Crippen LogP) is 4.87. The Kier molecular flexibility index (Phi) is 8.13. The van der Waals surface area contributed by atoms with E-state index in [9.17, 15) is 24.5 Å². The Balaban J connectivity index is 1.74. The minimum Gasteiger partial charge on any atom is -0.415 e. The van der Waals surface area contributed by atoms with Crippen molar-refractivity contribution in [3.8, 4) is 5.75 Å². The summed E-state index contributed by atoms with van der Waals surface area (Å²) in [5.41, 5.74) is 3.44. The number of nitro groups is 1. The van der Waals surface area contributed by atoms with E-state index in [0.29, 0.717) is 5.69 Å². The third-order valence-electron chi connectivity index (χ3n) is 5.16. The maximum atomic E-state index is 12.6. The first-order valence-corrected chi connectivity index (χ1v) is 11.3. The number of carbonyl (C=O) groups is 3. The van der Waals surface area contributed by atoms with E-state index in [0.717, 1.165) is 11.8 Å². The van der Waals surface area contributed by atoms with E-state index < -0.39 is 27.9 Å². The molecule has 10 heteroatoms. The Morgan fingerprint density at radius 1 is 0.946 bits per heavy atom. The molecular formula is C27H26N4O6. The number of hydrogen-bond donors (Lipinski definition) is 2. The van der Waals surface area contributed by atoms with Gasteiger partial charge in [-0.25, -0.2) is 10.2 Å². The molecule has 0 aliphatic heterocycles. The highest BCUT2D eigenvalue weighted by Crippen LogP contribution is 2.30. The number of para-hydroxylation sites is 1. The third kappa shape index (κ3) is 7.07. The SMILES string of the molecule is Cc1ccc(C(=O)Oc2c(/C=N/NC(=O)c3ccc(NC(=O)C(C)(C)C)cc3)cccc2[N+](=O)[O-])cc1. The van der Waals surface area contributed by atoms with Crippen LogP contribution in [0.15, 0.2) is 71.8 Å². The van der Waals surface area contributed by atoms with Crippen molar-refractivity contribution in [1.29, 1.82) is 0 Å². The smallest absolute Gasteiger partial charge is 0.343 e. The standard InChI is InChI=1S/C27H26N4O6/c1-17-8-10-19(11-9-17)25(33)37-23-20(6-5-7-22(23)31(35)36)16-28-30-24(32)18-12-14-21(15-13-18)29-26(34)27(2,3)4/h5-16H,1-4H3,(H,29,34)(H,30,32)/b28-16+. The number of benzene rings is 3. The number of hydrazone groups is 1. The number of hydrogen-bond acceptors (Lipinski definition) is 7. The minimum absolute atomic E-state index is 0.121. The summed E-state index contributed by atoms with van der Waals surface area (Å²) in [5, 5.41) is 18.2. The maximum absolute atomic E-state index is 12.6. The van der Waals surface area contributed by atoms with Gasteiger partial charge in [0.2, 0.25) is 11.7 Å². The van der Waals surface area contributed by atoms with Gasteiger partial charge in [-0.3, -0.25) is 19.7 Å². The Morgan fingerprint density at radius 2 is 1.57 bits per heavy atom. The molecule has 0 fully saturated rings. The van der Waals surface area contributed by atoms with E-state index in [1.54, 1.807) is 57.2 Å². The number of amides is 2. The van der Waals surface area contributed by atoms with Crippen molar-refractivity contribution in [3.05, 3.63) is 99.1 Å². The summed E-state index contributed by atoms with van der Waals surface area (Å²) < 4.78 is 5.36. The van der Waals surface area contributed by atoms with E-state index >= 15 is 0 Å². The van der Waals surface area contributed by atoms with E-state index in [-0.39, 0.29) is 28.3 Å². The van der Waals surface area contributed by atoms with Crippen molar-refractivity contribution in [3.63, 3.8) is 0 Å². The molecule has 0 saturated heterocycles. The molecule has 3 rings (SSSR count). The van der Waals surface area contributed by atoms with Gasteiger partial charge in [-0.15, -0.1) is 0 Å². The average molecular weight is 503 g/mol. The quantitative estimate of drug-likeness (QED) is 0.155. The van der Waals surface area contributed by atoms with Gasteiger partial charge in [0.25, 0.3) is 5.91 Å². The molecule has 0 aliphatic carbocycles. The van der Waals surface area contributed by atoms with Gasteiger partial charge in [0.15, 0.2) is 0 Å². The van der Waals surface area contributed by atoms with Crippen LogP contribution in [0.2, 0.25) is 0 Å². The summed E-state index contributed by atoms with van der Waals surface area (Å²) >= 11 is 0. The van der Waals surface area contributed by atoms with Gasteiger partial charge < -0.3 is 10.1 Å². The molecule has 0 aromatic heterocycles. The van der Waals surface area contributed by atoms with Gasteiger partial charge in [-0.05, 0) is 49.4 Å². The molecule has 0 aliphatic rings. The van der Waals surface area contributed by atoms with Gasteiger partial charge in [0.1, 0.15) is 0 Å². The second-order valence-electron chi connectivity index (χ2n) is 9.19. The average Bonchev–Trinajstić information content (AvgIpc) is 2.84. The largest absolute Gasteiger partial charge is 0.415 e. The van der Waals surface area contributed by atoms with Crippen LogP contribution < -0.4 is 15.5 Å². The molecule has 190 valence electrons. The Labute approximate surface area is 213 Å². The van der Waals surface area contributed by atoms with Crippen LogP contribution in [0.4, 0.5) is 11.4 Å². The summed E-state index contributed by atoms with van der Waals surface area (Å²) in [6.45, 7) is 7.23. The van der Waals surface area contributed by atoms with Gasteiger partial charge >= 0.3 is 11.7 Å². The van der Waals surface area contributed by atoms with Crippen LogP contribution in [0.5, 0.6) is 5.75 Å². The highest BCUT2D eigenvalue weighted by molar-refractivity contribution is 5.98. The molecule has 0 bridgehead atoms. The van der Waals surface area contributed by atoms with Crippen LogP contribution >= 0.6 is 0 Å². The minimum atomic E-state index is -0.772. The Morgan fingerprint density at radius 3 is 2.16 bits per heavy atom. The lowest BCUT2D eigenvalue weighted by Crippen LogP contribution is -2.27. The number of ether oxygens (including phenoxy) is 1. The predicted molar refractivity (Wildman–Crippen MR) is 139 cm³/mol. The molecule has 3 aromatic rings. The third-order valence-corrected chi connectivity index (χ3v) is 5.16. The molecular weight excluding hydrogens is 476 g/mol. The fourth-order valence-electron chi connectivity index (χ4n) is 2.99. The molecule has 0 unspecified atom stereocenters. The first-order chi connectivity index (χ1) is 17.5. The van der Waals surface area contributed by atoms with Crippen LogP contribution in [-0.4, -0.2) is 28.9 Å². The summed E-state index contributed by atoms with van der Waals surface area (Å²) in [7, 11) is 0. The molecule has 0 atom stereocenters. The van der Waals surface area contributed by atoms with Crippen LogP contribution in [0, 0.1) is 22.5 Å². The number of rotatable bonds is 7. The lowest BCUT2D eigenvalue weighted by Gasteiger charge is -2.17. The summed E-state index contributed by atoms with van der Waals surface area (Å²) in [5.74, 6) is -1.78. The number of nitrogens with zero attached hydrogens (tertiary/aromatic N) is 2. The van der Waals surface area contributed by atoms with Crippen LogP contribution in [-0.2, 0) is 4.79 Å². The van der Waals surface area contributed by atoms with Crippen LogP contribution in [0.1, 0.15) is 52.6 Å². The highest BCUT2D eigenvalue weighted by Gasteiger charge is 2.23. The Hall–Kier alpha value is -4.86. The zero-order valence-corrected chi connectivity index (χ0v) is 20.8. The number of nitrogens with one attached hydrogen (secondary N) is 2. The molecule has 0 saturated carbocycles. The summed E-state index contributed by atoms with van der Waals surface area (Å²) in [6.07, 6.45) is 1.15. The first-order valence-electron chi connectivity index (χ1n) is 11.3. The molecule has 3 aromatic carbocycles. The van der Waals surface area contributed by atoms with Crippen molar-refractivity contribution >= 4 is 35.4 Å². The zero-order chi connectivity index (χ0) is 27.2. The summed E-state index contributed by atoms with van der Waals surface area (Å²) in [4.78, 5) is 48.0. The molecule has 0 spiro atoms. The summed E-state index contributed by atoms with van der Waals surface area (Å²) in [6, 6.07) is 16.8. The topological polar surface area (TPSA) is 140 Å². The van der Waals surface area contributed by atoms with Crippen molar-refractivity contribution in [1.82, 2.24) is 5.43 Å². The number of esters is 1. The second kappa shape index (κ2) is 11.3. The lowest BCUT2D eigenvalue weighted by atomic mass is 9.95. The van der Waals surface area contributed by atoms with Gasteiger partial charge in [0.05, 0.1) is 16.7 Å². The molecule has 37 heavy (non-hydrogen) atoms. The normalized spacial score (nSPS) is 11.1. The Bertz CT molecular complexity index is 1360. The zero-order valence-electron chi connectivity index (χ0n) is 20.8.